The van der Waals surface area contributed by atoms with Crippen molar-refractivity contribution in [1.82, 2.24) is 0 Å². The molecule has 0 aliphatic carbocycles. The van der Waals surface area contributed by atoms with Gasteiger partial charge in [0.25, 0.3) is 0 Å². The van der Waals surface area contributed by atoms with Gasteiger partial charge in [0.05, 0.1) is 11.5 Å². The van der Waals surface area contributed by atoms with Crippen LogP contribution in [0.1, 0.15) is 13.8 Å². The predicted octanol–water partition coefficient (Wildman–Crippen LogP) is 0.256. The zero-order valence-corrected chi connectivity index (χ0v) is 7.52. The maximum absolute atomic E-state index is 11.1. The highest BCUT2D eigenvalue weighted by atomic mass is 32.2. The Kier molecular flexibility index (Phi) is 2.05. The van der Waals surface area contributed by atoms with Gasteiger partial charge in [-0.1, -0.05) is 13.8 Å². The third-order valence-corrected chi connectivity index (χ3v) is 3.70. The monoisotopic (exact) mass is 176 g/mol. The number of carbonyl (C=O) groups is 1. The second kappa shape index (κ2) is 2.59. The highest BCUT2D eigenvalue weighted by Gasteiger charge is 2.38. The van der Waals surface area contributed by atoms with Crippen molar-refractivity contribution in [2.24, 2.45) is 11.8 Å². The molecule has 1 aliphatic heterocycles. The highest BCUT2D eigenvalue weighted by Crippen LogP contribution is 2.21. The number of hydrogen-bond donors (Lipinski definition) is 0. The minimum atomic E-state index is -2.83. The largest absolute Gasteiger partial charge is 0.299 e. The van der Waals surface area contributed by atoms with Gasteiger partial charge in [-0.3, -0.25) is 4.79 Å². The zero-order valence-electron chi connectivity index (χ0n) is 6.70. The van der Waals surface area contributed by atoms with Crippen molar-refractivity contribution in [3.8, 4) is 0 Å². The van der Waals surface area contributed by atoms with Crippen molar-refractivity contribution in [1.29, 1.82) is 0 Å². The van der Waals surface area contributed by atoms with Crippen LogP contribution in [0.2, 0.25) is 0 Å². The lowest BCUT2D eigenvalue weighted by molar-refractivity contribution is -0.124. The minimum Gasteiger partial charge on any atom is -0.299 e. The number of rotatable bonds is 2. The Bertz CT molecular complexity index is 251. The second-order valence-corrected chi connectivity index (χ2v) is 5.48. The van der Waals surface area contributed by atoms with Crippen LogP contribution in [-0.2, 0) is 14.6 Å². The Morgan fingerprint density at radius 1 is 1.36 bits per heavy atom. The van der Waals surface area contributed by atoms with Crippen LogP contribution in [0.5, 0.6) is 0 Å². The van der Waals surface area contributed by atoms with E-state index in [1.165, 1.54) is 0 Å². The van der Waals surface area contributed by atoms with Crippen molar-refractivity contribution in [3.63, 3.8) is 0 Å². The van der Waals surface area contributed by atoms with E-state index in [1.807, 2.05) is 0 Å². The van der Waals surface area contributed by atoms with E-state index in [4.69, 9.17) is 0 Å². The normalized spacial score (nSPS) is 23.2. The van der Waals surface area contributed by atoms with Crippen LogP contribution in [0.4, 0.5) is 0 Å². The molecule has 1 saturated heterocycles. The average molecular weight is 176 g/mol. The average Bonchev–Trinajstić information content (AvgIpc) is 1.80. The first-order chi connectivity index (χ1) is 4.92. The number of sulfone groups is 1. The van der Waals surface area contributed by atoms with E-state index in [2.05, 4.69) is 0 Å². The zero-order chi connectivity index (χ0) is 8.65. The first kappa shape index (κ1) is 8.71. The quantitative estimate of drug-likeness (QED) is 0.606. The molecular formula is C7H12O3S. The van der Waals surface area contributed by atoms with Gasteiger partial charge >= 0.3 is 0 Å². The standard InChI is InChI=1S/C7H12O3S/c1-5(2)7(8)6-3-11(9,10)4-6/h5-6H,3-4H2,1-2H3. The summed E-state index contributed by atoms with van der Waals surface area (Å²) in [6, 6.07) is 0. The molecule has 4 heteroatoms. The molecule has 1 aliphatic rings. The lowest BCUT2D eigenvalue weighted by Gasteiger charge is -2.25. The van der Waals surface area contributed by atoms with E-state index in [1.54, 1.807) is 13.8 Å². The number of hydrogen-bond acceptors (Lipinski definition) is 3. The molecular weight excluding hydrogens is 164 g/mol. The fourth-order valence-electron chi connectivity index (χ4n) is 1.20. The molecule has 0 radical (unpaired) electrons. The molecule has 0 amide bonds. The van der Waals surface area contributed by atoms with Crippen molar-refractivity contribution in [3.05, 3.63) is 0 Å². The summed E-state index contributed by atoms with van der Waals surface area (Å²) >= 11 is 0. The summed E-state index contributed by atoms with van der Waals surface area (Å²) in [6.45, 7) is 3.60. The van der Waals surface area contributed by atoms with Crippen LogP contribution < -0.4 is 0 Å². The van der Waals surface area contributed by atoms with Gasteiger partial charge in [0, 0.05) is 11.8 Å². The van der Waals surface area contributed by atoms with Crippen molar-refractivity contribution >= 4 is 15.6 Å². The Balaban J connectivity index is 2.51. The Morgan fingerprint density at radius 3 is 2.09 bits per heavy atom. The number of Topliss-reactive ketones (excluding diaryl/α,β-unsaturated/α-hetero) is 1. The molecule has 0 saturated carbocycles. The fourth-order valence-corrected chi connectivity index (χ4v) is 2.66. The summed E-state index contributed by atoms with van der Waals surface area (Å²) in [7, 11) is -2.83. The minimum absolute atomic E-state index is 0.0319. The topological polar surface area (TPSA) is 51.2 Å². The van der Waals surface area contributed by atoms with Gasteiger partial charge in [-0.25, -0.2) is 8.42 Å². The molecule has 1 heterocycles. The number of carbonyl (C=O) groups excluding carboxylic acids is 1. The molecule has 0 atom stereocenters. The third kappa shape index (κ3) is 1.80. The van der Waals surface area contributed by atoms with Gasteiger partial charge in [0.2, 0.25) is 0 Å². The van der Waals surface area contributed by atoms with E-state index < -0.39 is 9.84 Å². The van der Waals surface area contributed by atoms with Crippen LogP contribution in [0.3, 0.4) is 0 Å². The lowest BCUT2D eigenvalue weighted by atomic mass is 9.98. The molecule has 0 spiro atoms. The maximum Gasteiger partial charge on any atom is 0.151 e. The van der Waals surface area contributed by atoms with Crippen molar-refractivity contribution in [2.45, 2.75) is 13.8 Å². The Hall–Kier alpha value is -0.380. The van der Waals surface area contributed by atoms with E-state index in [0.29, 0.717) is 0 Å². The van der Waals surface area contributed by atoms with E-state index in [-0.39, 0.29) is 29.1 Å². The SMILES string of the molecule is CC(C)C(=O)C1CS(=O)(=O)C1. The molecule has 0 bridgehead atoms. The van der Waals surface area contributed by atoms with Crippen LogP contribution in [0, 0.1) is 11.8 Å². The first-order valence-corrected chi connectivity index (χ1v) is 5.48. The Labute approximate surface area is 66.7 Å². The van der Waals surface area contributed by atoms with E-state index in [9.17, 15) is 13.2 Å². The summed E-state index contributed by atoms with van der Waals surface area (Å²) in [4.78, 5) is 11.1. The molecule has 64 valence electrons. The maximum atomic E-state index is 11.1. The molecule has 0 N–H and O–H groups in total. The summed E-state index contributed by atoms with van der Waals surface area (Å²) in [5, 5.41) is 0. The molecule has 0 aromatic carbocycles. The van der Waals surface area contributed by atoms with Gasteiger partial charge < -0.3 is 0 Å². The summed E-state index contributed by atoms with van der Waals surface area (Å²) < 4.78 is 21.3. The van der Waals surface area contributed by atoms with Crippen LogP contribution in [0.25, 0.3) is 0 Å². The van der Waals surface area contributed by atoms with Gasteiger partial charge in [0.15, 0.2) is 9.84 Å². The van der Waals surface area contributed by atoms with Crippen LogP contribution in [-0.4, -0.2) is 25.7 Å². The van der Waals surface area contributed by atoms with Crippen LogP contribution in [0.15, 0.2) is 0 Å². The molecule has 11 heavy (non-hydrogen) atoms. The van der Waals surface area contributed by atoms with Gasteiger partial charge in [0.1, 0.15) is 5.78 Å². The van der Waals surface area contributed by atoms with Gasteiger partial charge in [-0.2, -0.15) is 0 Å². The first-order valence-electron chi connectivity index (χ1n) is 3.66. The molecule has 0 unspecified atom stereocenters. The summed E-state index contributed by atoms with van der Waals surface area (Å²) in [6.07, 6.45) is 0. The predicted molar refractivity (Wildman–Crippen MR) is 42.0 cm³/mol. The van der Waals surface area contributed by atoms with Crippen LogP contribution >= 0.6 is 0 Å². The third-order valence-electron chi connectivity index (χ3n) is 1.88. The Morgan fingerprint density at radius 2 is 1.82 bits per heavy atom. The van der Waals surface area contributed by atoms with E-state index in [0.717, 1.165) is 0 Å². The van der Waals surface area contributed by atoms with Gasteiger partial charge in [-0.15, -0.1) is 0 Å². The van der Waals surface area contributed by atoms with Crippen molar-refractivity contribution < 1.29 is 13.2 Å². The number of ketones is 1. The smallest absolute Gasteiger partial charge is 0.151 e. The second-order valence-electron chi connectivity index (χ2n) is 3.33. The summed E-state index contributed by atoms with van der Waals surface area (Å²) in [5.74, 6) is -0.0103. The van der Waals surface area contributed by atoms with Gasteiger partial charge in [-0.05, 0) is 0 Å². The molecule has 1 rings (SSSR count). The molecule has 3 nitrogen and oxygen atoms in total. The van der Waals surface area contributed by atoms with E-state index >= 15 is 0 Å². The molecule has 0 aromatic heterocycles. The lowest BCUT2D eigenvalue weighted by Crippen LogP contribution is -2.43. The molecule has 0 aromatic rings. The van der Waals surface area contributed by atoms with Crippen molar-refractivity contribution in [2.75, 3.05) is 11.5 Å². The highest BCUT2D eigenvalue weighted by molar-refractivity contribution is 7.92. The summed E-state index contributed by atoms with van der Waals surface area (Å²) in [5.41, 5.74) is 0. The molecule has 1 fully saturated rings. The fraction of sp³-hybridized carbons (Fsp3) is 0.857.